The maximum Gasteiger partial charge on any atom is 0.202 e. The highest BCUT2D eigenvalue weighted by Crippen LogP contribution is 2.38. The van der Waals surface area contributed by atoms with Crippen molar-refractivity contribution < 1.29 is 4.74 Å². The highest BCUT2D eigenvalue weighted by atomic mass is 32.1. The summed E-state index contributed by atoms with van der Waals surface area (Å²) >= 11 is 1.42. The molecule has 2 rings (SSSR count). The van der Waals surface area contributed by atoms with E-state index in [-0.39, 0.29) is 0 Å². The summed E-state index contributed by atoms with van der Waals surface area (Å²) in [5.41, 5.74) is 0.327. The Morgan fingerprint density at radius 1 is 1.32 bits per heavy atom. The zero-order chi connectivity index (χ0) is 13.7. The Balaban J connectivity index is 1.85. The van der Waals surface area contributed by atoms with Crippen LogP contribution in [-0.4, -0.2) is 23.0 Å². The van der Waals surface area contributed by atoms with Crippen LogP contribution in [0.2, 0.25) is 0 Å². The quantitative estimate of drug-likeness (QED) is 0.864. The lowest BCUT2D eigenvalue weighted by Crippen LogP contribution is -2.33. The Labute approximate surface area is 120 Å². The summed E-state index contributed by atoms with van der Waals surface area (Å²) in [5, 5.41) is 4.36. The van der Waals surface area contributed by atoms with Gasteiger partial charge in [0, 0.05) is 25.2 Å². The van der Waals surface area contributed by atoms with Gasteiger partial charge >= 0.3 is 0 Å². The molecule has 1 N–H and O–H groups in total. The minimum absolute atomic E-state index is 0.327. The molecule has 0 amide bonds. The van der Waals surface area contributed by atoms with Crippen LogP contribution in [0.4, 0.5) is 5.13 Å². The van der Waals surface area contributed by atoms with Crippen LogP contribution >= 0.6 is 11.5 Å². The minimum Gasteiger partial charge on any atom is -0.377 e. The SMILES string of the molecule is COCc1nsc(NCC(C)(C)C2CCCCC2)n1. The second-order valence-corrected chi connectivity index (χ2v) is 6.88. The molecule has 0 aromatic carbocycles. The molecule has 1 saturated carbocycles. The van der Waals surface area contributed by atoms with Gasteiger partial charge in [-0.05, 0) is 24.2 Å². The zero-order valence-electron chi connectivity index (χ0n) is 12.2. The molecule has 1 aliphatic carbocycles. The van der Waals surface area contributed by atoms with Crippen LogP contribution in [0, 0.1) is 11.3 Å². The third-order valence-corrected chi connectivity index (χ3v) is 4.86. The smallest absolute Gasteiger partial charge is 0.202 e. The summed E-state index contributed by atoms with van der Waals surface area (Å²) in [6, 6.07) is 0. The van der Waals surface area contributed by atoms with Crippen molar-refractivity contribution in [2.75, 3.05) is 19.0 Å². The molecule has 0 saturated heterocycles. The van der Waals surface area contributed by atoms with Crippen LogP contribution < -0.4 is 5.32 Å². The second-order valence-electron chi connectivity index (χ2n) is 6.13. The third-order valence-electron chi connectivity index (χ3n) is 4.15. The number of rotatable bonds is 6. The Bertz CT molecular complexity index is 386. The first-order valence-corrected chi connectivity index (χ1v) is 7.94. The summed E-state index contributed by atoms with van der Waals surface area (Å²) in [6.45, 7) is 6.20. The topological polar surface area (TPSA) is 47.0 Å². The summed E-state index contributed by atoms with van der Waals surface area (Å²) in [6.07, 6.45) is 6.95. The van der Waals surface area contributed by atoms with Gasteiger partial charge in [-0.1, -0.05) is 33.1 Å². The molecule has 0 aliphatic heterocycles. The summed E-state index contributed by atoms with van der Waals surface area (Å²) in [7, 11) is 1.67. The van der Waals surface area contributed by atoms with Gasteiger partial charge in [0.1, 0.15) is 6.61 Å². The van der Waals surface area contributed by atoms with Gasteiger partial charge in [0.15, 0.2) is 5.82 Å². The average molecular weight is 283 g/mol. The first kappa shape index (κ1) is 14.7. The van der Waals surface area contributed by atoms with E-state index in [2.05, 4.69) is 28.5 Å². The van der Waals surface area contributed by atoms with Crippen LogP contribution in [0.1, 0.15) is 51.8 Å². The Kier molecular flexibility index (Phi) is 5.16. The molecule has 1 fully saturated rings. The fraction of sp³-hybridized carbons (Fsp3) is 0.857. The lowest BCUT2D eigenvalue weighted by molar-refractivity contribution is 0.171. The van der Waals surface area contributed by atoms with Crippen molar-refractivity contribution in [3.63, 3.8) is 0 Å². The molecule has 5 heteroatoms. The molecular formula is C14H25N3OS. The van der Waals surface area contributed by atoms with Crippen molar-refractivity contribution in [1.29, 1.82) is 0 Å². The van der Waals surface area contributed by atoms with Crippen LogP contribution in [0.25, 0.3) is 0 Å². The van der Waals surface area contributed by atoms with E-state index >= 15 is 0 Å². The number of anilines is 1. The van der Waals surface area contributed by atoms with Gasteiger partial charge in [-0.15, -0.1) is 0 Å². The summed E-state index contributed by atoms with van der Waals surface area (Å²) in [5.74, 6) is 1.60. The van der Waals surface area contributed by atoms with Crippen molar-refractivity contribution in [2.45, 2.75) is 52.6 Å². The molecule has 108 valence electrons. The molecule has 0 unspecified atom stereocenters. The monoisotopic (exact) mass is 283 g/mol. The number of aromatic nitrogens is 2. The van der Waals surface area contributed by atoms with E-state index in [0.29, 0.717) is 12.0 Å². The molecule has 1 aromatic rings. The number of nitrogens with zero attached hydrogens (tertiary/aromatic N) is 2. The van der Waals surface area contributed by atoms with Crippen LogP contribution in [0.3, 0.4) is 0 Å². The second kappa shape index (κ2) is 6.66. The largest absolute Gasteiger partial charge is 0.377 e. The Morgan fingerprint density at radius 2 is 2.05 bits per heavy atom. The van der Waals surface area contributed by atoms with Gasteiger partial charge in [-0.2, -0.15) is 4.37 Å². The maximum absolute atomic E-state index is 5.04. The molecule has 0 bridgehead atoms. The first-order chi connectivity index (χ1) is 9.12. The van der Waals surface area contributed by atoms with E-state index in [1.54, 1.807) is 7.11 Å². The zero-order valence-corrected chi connectivity index (χ0v) is 13.1. The summed E-state index contributed by atoms with van der Waals surface area (Å²) < 4.78 is 9.30. The lowest BCUT2D eigenvalue weighted by atomic mass is 9.71. The molecule has 0 spiro atoms. The number of ether oxygens (including phenoxy) is 1. The molecule has 0 radical (unpaired) electrons. The van der Waals surface area contributed by atoms with Gasteiger partial charge in [0.25, 0.3) is 0 Å². The maximum atomic E-state index is 5.04. The molecule has 1 aliphatic rings. The van der Waals surface area contributed by atoms with Crippen molar-refractivity contribution in [1.82, 2.24) is 9.36 Å². The normalized spacial score (nSPS) is 17.6. The van der Waals surface area contributed by atoms with E-state index < -0.39 is 0 Å². The van der Waals surface area contributed by atoms with Gasteiger partial charge in [-0.3, -0.25) is 0 Å². The van der Waals surface area contributed by atoms with Gasteiger partial charge in [0.2, 0.25) is 5.13 Å². The third kappa shape index (κ3) is 4.14. The van der Waals surface area contributed by atoms with Gasteiger partial charge < -0.3 is 10.1 Å². The predicted octanol–water partition coefficient (Wildman–Crippen LogP) is 3.70. The molecule has 4 nitrogen and oxygen atoms in total. The van der Waals surface area contributed by atoms with E-state index in [4.69, 9.17) is 4.74 Å². The first-order valence-electron chi connectivity index (χ1n) is 7.17. The predicted molar refractivity (Wildman–Crippen MR) is 79.5 cm³/mol. The number of hydrogen-bond donors (Lipinski definition) is 1. The van der Waals surface area contributed by atoms with Crippen LogP contribution in [0.15, 0.2) is 0 Å². The molecule has 0 atom stereocenters. The Morgan fingerprint density at radius 3 is 2.74 bits per heavy atom. The van der Waals surface area contributed by atoms with Gasteiger partial charge in [-0.25, -0.2) is 4.98 Å². The van der Waals surface area contributed by atoms with Crippen molar-refractivity contribution in [3.05, 3.63) is 5.82 Å². The minimum atomic E-state index is 0.327. The van der Waals surface area contributed by atoms with Gasteiger partial charge in [0.05, 0.1) is 0 Å². The molecule has 1 aromatic heterocycles. The fourth-order valence-corrected chi connectivity index (χ4v) is 3.41. The molecule has 19 heavy (non-hydrogen) atoms. The van der Waals surface area contributed by atoms with Crippen molar-refractivity contribution in [2.24, 2.45) is 11.3 Å². The van der Waals surface area contributed by atoms with E-state index in [1.807, 2.05) is 0 Å². The number of methoxy groups -OCH3 is 1. The van der Waals surface area contributed by atoms with Crippen molar-refractivity contribution in [3.8, 4) is 0 Å². The van der Waals surface area contributed by atoms with Crippen LogP contribution in [-0.2, 0) is 11.3 Å². The van der Waals surface area contributed by atoms with Crippen LogP contribution in [0.5, 0.6) is 0 Å². The highest BCUT2D eigenvalue weighted by Gasteiger charge is 2.30. The average Bonchev–Trinajstić information content (AvgIpc) is 2.86. The van der Waals surface area contributed by atoms with Crippen molar-refractivity contribution >= 4 is 16.7 Å². The molecule has 1 heterocycles. The molecular weight excluding hydrogens is 258 g/mol. The number of hydrogen-bond acceptors (Lipinski definition) is 5. The van der Waals surface area contributed by atoms with E-state index in [9.17, 15) is 0 Å². The lowest BCUT2D eigenvalue weighted by Gasteiger charge is -2.37. The Hall–Kier alpha value is -0.680. The fourth-order valence-electron chi connectivity index (χ4n) is 2.85. The standard InChI is InChI=1S/C14H25N3OS/c1-14(2,11-7-5-4-6-8-11)10-15-13-16-12(9-18-3)17-19-13/h11H,4-10H2,1-3H3,(H,15,16,17). The highest BCUT2D eigenvalue weighted by molar-refractivity contribution is 7.09. The number of nitrogens with one attached hydrogen (secondary N) is 1. The van der Waals surface area contributed by atoms with E-state index in [0.717, 1.165) is 23.4 Å². The van der Waals surface area contributed by atoms with E-state index in [1.165, 1.54) is 43.6 Å². The summed E-state index contributed by atoms with van der Waals surface area (Å²) in [4.78, 5) is 4.42.